The highest BCUT2D eigenvalue weighted by Gasteiger charge is 2.13. The van der Waals surface area contributed by atoms with Crippen molar-refractivity contribution in [1.29, 1.82) is 0 Å². The summed E-state index contributed by atoms with van der Waals surface area (Å²) < 4.78 is 0. The summed E-state index contributed by atoms with van der Waals surface area (Å²) >= 11 is 0. The Morgan fingerprint density at radius 3 is 2.50 bits per heavy atom. The molecule has 0 bridgehead atoms. The van der Waals surface area contributed by atoms with E-state index in [1.807, 2.05) is 6.20 Å². The molecule has 0 fully saturated rings. The van der Waals surface area contributed by atoms with E-state index in [2.05, 4.69) is 49.6 Å². The van der Waals surface area contributed by atoms with Gasteiger partial charge in [0.1, 0.15) is 5.82 Å². The van der Waals surface area contributed by atoms with Crippen molar-refractivity contribution in [2.24, 2.45) is 11.7 Å². The fraction of sp³-hybridized carbons (Fsp3) is 0.714. The van der Waals surface area contributed by atoms with Crippen molar-refractivity contribution < 1.29 is 0 Å². The molecule has 0 aliphatic heterocycles. The van der Waals surface area contributed by atoms with E-state index in [4.69, 9.17) is 5.73 Å². The first-order valence-corrected chi connectivity index (χ1v) is 6.76. The van der Waals surface area contributed by atoms with Gasteiger partial charge in [0.2, 0.25) is 0 Å². The standard InChI is InChI=1S/C14H26N4/c1-6-11(4)9-18(5)13-8-16-14(10(2)3)17-12(13)7-15/h8,10-11H,6-7,9,15H2,1-5H3. The summed E-state index contributed by atoms with van der Waals surface area (Å²) in [6.07, 6.45) is 3.08. The lowest BCUT2D eigenvalue weighted by molar-refractivity contribution is 0.558. The van der Waals surface area contributed by atoms with E-state index in [1.54, 1.807) is 0 Å². The summed E-state index contributed by atoms with van der Waals surface area (Å²) in [4.78, 5) is 11.2. The van der Waals surface area contributed by atoms with Crippen molar-refractivity contribution in [3.05, 3.63) is 17.7 Å². The predicted molar refractivity (Wildman–Crippen MR) is 76.7 cm³/mol. The monoisotopic (exact) mass is 250 g/mol. The van der Waals surface area contributed by atoms with Gasteiger partial charge in [-0.05, 0) is 5.92 Å². The van der Waals surface area contributed by atoms with Gasteiger partial charge < -0.3 is 10.6 Å². The molecule has 1 aromatic rings. The summed E-state index contributed by atoms with van der Waals surface area (Å²) in [5, 5.41) is 0. The molecular formula is C14H26N4. The van der Waals surface area contributed by atoms with Gasteiger partial charge in [-0.1, -0.05) is 34.1 Å². The lowest BCUT2D eigenvalue weighted by atomic mass is 10.1. The van der Waals surface area contributed by atoms with E-state index in [1.165, 1.54) is 6.42 Å². The number of hydrogen-bond acceptors (Lipinski definition) is 4. The van der Waals surface area contributed by atoms with E-state index >= 15 is 0 Å². The topological polar surface area (TPSA) is 55.0 Å². The molecule has 4 heteroatoms. The van der Waals surface area contributed by atoms with Gasteiger partial charge in [0, 0.05) is 26.1 Å². The van der Waals surface area contributed by atoms with Crippen LogP contribution in [0.25, 0.3) is 0 Å². The first-order chi connectivity index (χ1) is 8.49. The number of nitrogens with two attached hydrogens (primary N) is 1. The van der Waals surface area contributed by atoms with Crippen molar-refractivity contribution in [3.8, 4) is 0 Å². The molecule has 4 nitrogen and oxygen atoms in total. The van der Waals surface area contributed by atoms with Gasteiger partial charge in [-0.3, -0.25) is 0 Å². The Morgan fingerprint density at radius 1 is 1.33 bits per heavy atom. The predicted octanol–water partition coefficient (Wildman–Crippen LogP) is 2.54. The summed E-state index contributed by atoms with van der Waals surface area (Å²) in [6, 6.07) is 0. The van der Waals surface area contributed by atoms with Crippen molar-refractivity contribution in [2.75, 3.05) is 18.5 Å². The summed E-state index contributed by atoms with van der Waals surface area (Å²) in [5.74, 6) is 1.87. The minimum atomic E-state index is 0.337. The second kappa shape index (κ2) is 6.69. The molecule has 0 spiro atoms. The van der Waals surface area contributed by atoms with E-state index in [9.17, 15) is 0 Å². The summed E-state index contributed by atoms with van der Waals surface area (Å²) in [5.41, 5.74) is 7.81. The van der Waals surface area contributed by atoms with Crippen molar-refractivity contribution in [3.63, 3.8) is 0 Å². The smallest absolute Gasteiger partial charge is 0.131 e. The maximum atomic E-state index is 5.80. The molecule has 0 amide bonds. The highest BCUT2D eigenvalue weighted by molar-refractivity contribution is 5.48. The lowest BCUT2D eigenvalue weighted by Crippen LogP contribution is -2.26. The van der Waals surface area contributed by atoms with Gasteiger partial charge >= 0.3 is 0 Å². The zero-order chi connectivity index (χ0) is 13.7. The first kappa shape index (κ1) is 14.9. The number of aromatic nitrogens is 2. The van der Waals surface area contributed by atoms with Crippen LogP contribution in [0.3, 0.4) is 0 Å². The quantitative estimate of drug-likeness (QED) is 0.843. The van der Waals surface area contributed by atoms with E-state index < -0.39 is 0 Å². The second-order valence-corrected chi connectivity index (χ2v) is 5.31. The van der Waals surface area contributed by atoms with Crippen LogP contribution in [0.15, 0.2) is 6.20 Å². The third kappa shape index (κ3) is 3.67. The molecule has 0 aliphatic rings. The van der Waals surface area contributed by atoms with E-state index in [0.29, 0.717) is 18.4 Å². The molecule has 1 heterocycles. The van der Waals surface area contributed by atoms with Crippen LogP contribution in [0.2, 0.25) is 0 Å². The molecule has 0 aromatic carbocycles. The van der Waals surface area contributed by atoms with Crippen molar-refractivity contribution in [1.82, 2.24) is 9.97 Å². The summed E-state index contributed by atoms with van der Waals surface area (Å²) in [6.45, 7) is 10.1. The van der Waals surface area contributed by atoms with Gasteiger partial charge in [0.05, 0.1) is 17.6 Å². The zero-order valence-corrected chi connectivity index (χ0v) is 12.3. The third-order valence-corrected chi connectivity index (χ3v) is 3.27. The first-order valence-electron chi connectivity index (χ1n) is 6.76. The fourth-order valence-electron chi connectivity index (χ4n) is 1.87. The average Bonchev–Trinajstić information content (AvgIpc) is 2.37. The normalized spacial score (nSPS) is 12.8. The third-order valence-electron chi connectivity index (χ3n) is 3.27. The zero-order valence-electron chi connectivity index (χ0n) is 12.3. The van der Waals surface area contributed by atoms with E-state index in [-0.39, 0.29) is 0 Å². The van der Waals surface area contributed by atoms with Crippen molar-refractivity contribution >= 4 is 5.69 Å². The minimum absolute atomic E-state index is 0.337. The molecule has 0 saturated heterocycles. The van der Waals surface area contributed by atoms with Crippen LogP contribution in [0.5, 0.6) is 0 Å². The molecule has 2 N–H and O–H groups in total. The Hall–Kier alpha value is -1.16. The number of rotatable bonds is 6. The van der Waals surface area contributed by atoms with Crippen molar-refractivity contribution in [2.45, 2.75) is 46.6 Å². The number of hydrogen-bond donors (Lipinski definition) is 1. The van der Waals surface area contributed by atoms with Gasteiger partial charge in [0.15, 0.2) is 0 Å². The molecule has 0 saturated carbocycles. The molecule has 1 atom stereocenters. The molecule has 1 unspecified atom stereocenters. The minimum Gasteiger partial charge on any atom is -0.372 e. The highest BCUT2D eigenvalue weighted by atomic mass is 15.1. The molecule has 1 rings (SSSR count). The Morgan fingerprint density at radius 2 is 2.00 bits per heavy atom. The molecule has 18 heavy (non-hydrogen) atoms. The molecule has 102 valence electrons. The number of anilines is 1. The lowest BCUT2D eigenvalue weighted by Gasteiger charge is -2.24. The Bertz CT molecular complexity index is 376. The van der Waals surface area contributed by atoms with Gasteiger partial charge in [-0.25, -0.2) is 9.97 Å². The highest BCUT2D eigenvalue weighted by Crippen LogP contribution is 2.20. The second-order valence-electron chi connectivity index (χ2n) is 5.31. The SMILES string of the molecule is CCC(C)CN(C)c1cnc(C(C)C)nc1CN. The van der Waals surface area contributed by atoms with E-state index in [0.717, 1.165) is 23.8 Å². The molecule has 1 aromatic heterocycles. The van der Waals surface area contributed by atoms with Crippen LogP contribution in [0, 0.1) is 5.92 Å². The van der Waals surface area contributed by atoms with Crippen LogP contribution in [0.4, 0.5) is 5.69 Å². The van der Waals surface area contributed by atoms with Gasteiger partial charge in [0.25, 0.3) is 0 Å². The van der Waals surface area contributed by atoms with Crippen LogP contribution in [-0.2, 0) is 6.54 Å². The van der Waals surface area contributed by atoms with Crippen LogP contribution < -0.4 is 10.6 Å². The fourth-order valence-corrected chi connectivity index (χ4v) is 1.87. The maximum Gasteiger partial charge on any atom is 0.131 e. The summed E-state index contributed by atoms with van der Waals surface area (Å²) in [7, 11) is 2.08. The maximum absolute atomic E-state index is 5.80. The van der Waals surface area contributed by atoms with Crippen LogP contribution in [0.1, 0.15) is 51.6 Å². The largest absolute Gasteiger partial charge is 0.372 e. The van der Waals surface area contributed by atoms with Gasteiger partial charge in [-0.15, -0.1) is 0 Å². The Labute approximate surface area is 111 Å². The molecule has 0 radical (unpaired) electrons. The van der Waals surface area contributed by atoms with Crippen LogP contribution in [-0.4, -0.2) is 23.6 Å². The Kier molecular flexibility index (Phi) is 5.54. The average molecular weight is 250 g/mol. The molecular weight excluding hydrogens is 224 g/mol. The van der Waals surface area contributed by atoms with Crippen LogP contribution >= 0.6 is 0 Å². The number of nitrogens with zero attached hydrogens (tertiary/aromatic N) is 3. The van der Waals surface area contributed by atoms with Gasteiger partial charge in [-0.2, -0.15) is 0 Å². The Balaban J connectivity index is 2.94. The molecule has 0 aliphatic carbocycles.